The van der Waals surface area contributed by atoms with Gasteiger partial charge in [-0.2, -0.15) is 0 Å². The van der Waals surface area contributed by atoms with Crippen molar-refractivity contribution in [1.29, 1.82) is 0 Å². The molecule has 2 aromatic rings. The first kappa shape index (κ1) is 16.8. The fraction of sp³-hybridized carbons (Fsp3) is 0.333. The van der Waals surface area contributed by atoms with E-state index in [1.54, 1.807) is 14.2 Å². The van der Waals surface area contributed by atoms with Crippen molar-refractivity contribution < 1.29 is 18.9 Å². The maximum absolute atomic E-state index is 6.00. The lowest BCUT2D eigenvalue weighted by atomic mass is 9.89. The molecule has 0 aliphatic carbocycles. The first-order valence-electron chi connectivity index (χ1n) is 8.62. The minimum atomic E-state index is -0.128. The van der Waals surface area contributed by atoms with Gasteiger partial charge in [0.05, 0.1) is 12.6 Å². The molecule has 0 unspecified atom stereocenters. The van der Waals surface area contributed by atoms with Gasteiger partial charge in [0.15, 0.2) is 6.79 Å². The summed E-state index contributed by atoms with van der Waals surface area (Å²) in [6.45, 7) is 5.03. The molecule has 2 aromatic carbocycles. The van der Waals surface area contributed by atoms with Crippen molar-refractivity contribution in [3.05, 3.63) is 47.5 Å². The van der Waals surface area contributed by atoms with E-state index in [2.05, 4.69) is 37.4 Å². The first-order chi connectivity index (χ1) is 12.5. The smallest absolute Gasteiger partial charge is 0.188 e. The largest absolute Gasteiger partial charge is 0.496 e. The van der Waals surface area contributed by atoms with E-state index in [0.29, 0.717) is 6.61 Å². The summed E-state index contributed by atoms with van der Waals surface area (Å²) in [5, 5.41) is 3.57. The van der Waals surface area contributed by atoms with Crippen molar-refractivity contribution in [3.8, 4) is 22.6 Å². The number of ether oxygens (including phenoxy) is 4. The summed E-state index contributed by atoms with van der Waals surface area (Å²) in [6.07, 6.45) is 2.14. The minimum Gasteiger partial charge on any atom is -0.496 e. The van der Waals surface area contributed by atoms with E-state index in [9.17, 15) is 0 Å². The topological polar surface area (TPSA) is 49.0 Å². The zero-order valence-electron chi connectivity index (χ0n) is 15.5. The van der Waals surface area contributed by atoms with Gasteiger partial charge in [-0.25, -0.2) is 0 Å². The predicted octanol–water partition coefficient (Wildman–Crippen LogP) is 4.42. The molecule has 2 heterocycles. The van der Waals surface area contributed by atoms with Crippen LogP contribution in [0, 0.1) is 0 Å². The third-order valence-corrected chi connectivity index (χ3v) is 4.68. The molecule has 0 radical (unpaired) electrons. The zero-order chi connectivity index (χ0) is 18.3. The Bertz CT molecular complexity index is 886. The van der Waals surface area contributed by atoms with Gasteiger partial charge in [0, 0.05) is 29.5 Å². The highest BCUT2D eigenvalue weighted by atomic mass is 16.7. The summed E-state index contributed by atoms with van der Waals surface area (Å²) in [5.41, 5.74) is 5.36. The molecule has 0 spiro atoms. The van der Waals surface area contributed by atoms with E-state index in [-0.39, 0.29) is 12.3 Å². The van der Waals surface area contributed by atoms with Gasteiger partial charge in [-0.05, 0) is 49.8 Å². The molecule has 0 atom stereocenters. The summed E-state index contributed by atoms with van der Waals surface area (Å²) in [7, 11) is 3.28. The maximum Gasteiger partial charge on any atom is 0.188 e. The Morgan fingerprint density at radius 2 is 1.96 bits per heavy atom. The number of hydrogen-bond donors (Lipinski definition) is 1. The number of hydrogen-bond acceptors (Lipinski definition) is 5. The summed E-state index contributed by atoms with van der Waals surface area (Å²) in [5.74, 6) is 2.49. The van der Waals surface area contributed by atoms with Crippen LogP contribution in [0.3, 0.4) is 0 Å². The SMILES string of the molecule is COCOc1ccc(OC)c(-c2ccc3c4c2COC4=CC(C)(C)N3)c1. The minimum absolute atomic E-state index is 0.128. The van der Waals surface area contributed by atoms with E-state index in [4.69, 9.17) is 18.9 Å². The predicted molar refractivity (Wildman–Crippen MR) is 101 cm³/mol. The molecule has 4 rings (SSSR count). The van der Waals surface area contributed by atoms with Crippen LogP contribution in [0.5, 0.6) is 11.5 Å². The van der Waals surface area contributed by atoms with Crippen molar-refractivity contribution in [1.82, 2.24) is 0 Å². The van der Waals surface area contributed by atoms with Gasteiger partial charge < -0.3 is 24.3 Å². The maximum atomic E-state index is 6.00. The second kappa shape index (κ2) is 6.25. The van der Waals surface area contributed by atoms with Gasteiger partial charge in [0.1, 0.15) is 23.9 Å². The third kappa shape index (κ3) is 2.78. The summed E-state index contributed by atoms with van der Waals surface area (Å²) in [6, 6.07) is 10.0. The van der Waals surface area contributed by atoms with E-state index in [1.807, 2.05) is 18.2 Å². The highest BCUT2D eigenvalue weighted by molar-refractivity contribution is 5.89. The van der Waals surface area contributed by atoms with Crippen LogP contribution in [0.25, 0.3) is 16.9 Å². The van der Waals surface area contributed by atoms with E-state index < -0.39 is 0 Å². The molecule has 0 aromatic heterocycles. The van der Waals surface area contributed by atoms with Crippen molar-refractivity contribution >= 4 is 11.4 Å². The zero-order valence-corrected chi connectivity index (χ0v) is 15.5. The van der Waals surface area contributed by atoms with Gasteiger partial charge in [-0.1, -0.05) is 6.07 Å². The van der Waals surface area contributed by atoms with Crippen molar-refractivity contribution in [2.24, 2.45) is 0 Å². The highest BCUT2D eigenvalue weighted by Crippen LogP contribution is 2.47. The molecule has 5 heteroatoms. The summed E-state index contributed by atoms with van der Waals surface area (Å²) in [4.78, 5) is 0. The molecule has 26 heavy (non-hydrogen) atoms. The fourth-order valence-electron chi connectivity index (χ4n) is 3.60. The summed E-state index contributed by atoms with van der Waals surface area (Å²) < 4.78 is 22.2. The molecular formula is C21H23NO4. The normalized spacial score (nSPS) is 16.2. The molecule has 0 bridgehead atoms. The molecule has 0 amide bonds. The first-order valence-corrected chi connectivity index (χ1v) is 8.62. The quantitative estimate of drug-likeness (QED) is 0.807. The van der Waals surface area contributed by atoms with Gasteiger partial charge in [-0.15, -0.1) is 0 Å². The van der Waals surface area contributed by atoms with Crippen LogP contribution in [0.2, 0.25) is 0 Å². The van der Waals surface area contributed by atoms with Crippen molar-refractivity contribution in [2.45, 2.75) is 26.0 Å². The van der Waals surface area contributed by atoms with Gasteiger partial charge >= 0.3 is 0 Å². The lowest BCUT2D eigenvalue weighted by molar-refractivity contribution is 0.0511. The van der Waals surface area contributed by atoms with Crippen LogP contribution in [0.15, 0.2) is 36.4 Å². The lowest BCUT2D eigenvalue weighted by Gasteiger charge is -2.30. The molecular weight excluding hydrogens is 330 g/mol. The summed E-state index contributed by atoms with van der Waals surface area (Å²) >= 11 is 0. The second-order valence-corrected chi connectivity index (χ2v) is 7.07. The molecule has 0 saturated carbocycles. The Morgan fingerprint density at radius 1 is 1.12 bits per heavy atom. The van der Waals surface area contributed by atoms with Crippen molar-refractivity contribution in [3.63, 3.8) is 0 Å². The Labute approximate surface area is 153 Å². The van der Waals surface area contributed by atoms with Crippen LogP contribution in [-0.2, 0) is 16.1 Å². The molecule has 1 N–H and O–H groups in total. The molecule has 0 saturated heterocycles. The number of anilines is 1. The highest BCUT2D eigenvalue weighted by Gasteiger charge is 2.33. The lowest BCUT2D eigenvalue weighted by Crippen LogP contribution is -2.31. The fourth-order valence-corrected chi connectivity index (χ4v) is 3.60. The average Bonchev–Trinajstić information content (AvgIpc) is 3.03. The van der Waals surface area contributed by atoms with Crippen LogP contribution in [0.1, 0.15) is 25.0 Å². The Hall–Kier alpha value is -2.66. The van der Waals surface area contributed by atoms with Crippen LogP contribution < -0.4 is 14.8 Å². The van der Waals surface area contributed by atoms with E-state index in [0.717, 1.165) is 39.6 Å². The van der Waals surface area contributed by atoms with Crippen LogP contribution >= 0.6 is 0 Å². The molecule has 2 aliphatic rings. The standard InChI is InChI=1S/C21H23NO4/c1-21(2)10-19-20-16(11-25-19)14(6-7-17(20)22-21)15-9-13(26-12-23-3)5-8-18(15)24-4/h5-10,22H,11-12H2,1-4H3. The molecule has 136 valence electrons. The number of methoxy groups -OCH3 is 2. The molecule has 2 aliphatic heterocycles. The number of benzene rings is 2. The van der Waals surface area contributed by atoms with E-state index in [1.165, 1.54) is 5.56 Å². The second-order valence-electron chi connectivity index (χ2n) is 7.07. The Balaban J connectivity index is 1.84. The molecule has 5 nitrogen and oxygen atoms in total. The number of nitrogens with one attached hydrogen (secondary N) is 1. The Kier molecular flexibility index (Phi) is 4.04. The van der Waals surface area contributed by atoms with E-state index >= 15 is 0 Å². The van der Waals surface area contributed by atoms with Crippen LogP contribution in [0.4, 0.5) is 5.69 Å². The van der Waals surface area contributed by atoms with Crippen LogP contribution in [-0.4, -0.2) is 26.6 Å². The average molecular weight is 353 g/mol. The van der Waals surface area contributed by atoms with Gasteiger partial charge in [0.2, 0.25) is 0 Å². The monoisotopic (exact) mass is 353 g/mol. The third-order valence-electron chi connectivity index (χ3n) is 4.68. The van der Waals surface area contributed by atoms with Gasteiger partial charge in [-0.3, -0.25) is 0 Å². The van der Waals surface area contributed by atoms with Crippen molar-refractivity contribution in [2.75, 3.05) is 26.3 Å². The molecule has 0 fully saturated rings. The number of rotatable bonds is 5. The Morgan fingerprint density at radius 3 is 2.73 bits per heavy atom. The van der Waals surface area contributed by atoms with Gasteiger partial charge in [0.25, 0.3) is 0 Å².